The average Bonchev–Trinajstić information content (AvgIpc) is 2.52. The van der Waals surface area contributed by atoms with Crippen LogP contribution in [0.5, 0.6) is 0 Å². The highest BCUT2D eigenvalue weighted by Crippen LogP contribution is 2.23. The fraction of sp³-hybridized carbons (Fsp3) is 0.0625. The standard InChI is InChI=1S/C16H15N5/c1-11-4-5-13(17)7-14(11)20-16-10-19-9-15(21-16)12-3-2-6-18-8-12/h2-10H,17H2,1H3,(H,20,21). The topological polar surface area (TPSA) is 76.7 Å². The first kappa shape index (κ1) is 13.1. The molecule has 0 aliphatic carbocycles. The van der Waals surface area contributed by atoms with Crippen LogP contribution >= 0.6 is 0 Å². The van der Waals surface area contributed by atoms with E-state index in [0.29, 0.717) is 11.5 Å². The van der Waals surface area contributed by atoms with Crippen molar-refractivity contribution >= 4 is 17.2 Å². The molecule has 3 rings (SSSR count). The van der Waals surface area contributed by atoms with Gasteiger partial charge in [-0.2, -0.15) is 0 Å². The lowest BCUT2D eigenvalue weighted by Gasteiger charge is -2.10. The number of anilines is 3. The number of nitrogens with zero attached hydrogens (tertiary/aromatic N) is 3. The van der Waals surface area contributed by atoms with E-state index in [-0.39, 0.29) is 0 Å². The van der Waals surface area contributed by atoms with Crippen molar-refractivity contribution in [2.75, 3.05) is 11.1 Å². The first-order valence-electron chi connectivity index (χ1n) is 6.58. The molecule has 0 aliphatic heterocycles. The summed E-state index contributed by atoms with van der Waals surface area (Å²) < 4.78 is 0. The zero-order valence-corrected chi connectivity index (χ0v) is 11.6. The Hall–Kier alpha value is -2.95. The second-order valence-corrected chi connectivity index (χ2v) is 4.73. The fourth-order valence-electron chi connectivity index (χ4n) is 1.99. The number of aromatic nitrogens is 3. The zero-order valence-electron chi connectivity index (χ0n) is 11.6. The van der Waals surface area contributed by atoms with Crippen LogP contribution in [0.3, 0.4) is 0 Å². The monoisotopic (exact) mass is 277 g/mol. The van der Waals surface area contributed by atoms with Gasteiger partial charge in [-0.3, -0.25) is 9.97 Å². The largest absolute Gasteiger partial charge is 0.399 e. The molecule has 0 aliphatic rings. The van der Waals surface area contributed by atoms with Crippen LogP contribution in [0.25, 0.3) is 11.3 Å². The lowest BCUT2D eigenvalue weighted by atomic mass is 10.2. The molecule has 0 unspecified atom stereocenters. The van der Waals surface area contributed by atoms with Crippen LogP contribution in [0, 0.1) is 6.92 Å². The van der Waals surface area contributed by atoms with Crippen molar-refractivity contribution in [1.29, 1.82) is 0 Å². The predicted molar refractivity (Wildman–Crippen MR) is 84.1 cm³/mol. The molecule has 0 spiro atoms. The summed E-state index contributed by atoms with van der Waals surface area (Å²) in [5.41, 5.74) is 10.2. The van der Waals surface area contributed by atoms with Gasteiger partial charge in [0.2, 0.25) is 0 Å². The van der Waals surface area contributed by atoms with Gasteiger partial charge in [-0.15, -0.1) is 0 Å². The second-order valence-electron chi connectivity index (χ2n) is 4.73. The Kier molecular flexibility index (Phi) is 3.47. The van der Waals surface area contributed by atoms with Gasteiger partial charge in [0, 0.05) is 29.3 Å². The molecule has 0 bridgehead atoms. The molecule has 3 aromatic rings. The van der Waals surface area contributed by atoms with Gasteiger partial charge in [0.15, 0.2) is 0 Å². The molecule has 21 heavy (non-hydrogen) atoms. The van der Waals surface area contributed by atoms with E-state index in [9.17, 15) is 0 Å². The van der Waals surface area contributed by atoms with E-state index >= 15 is 0 Å². The predicted octanol–water partition coefficient (Wildman–Crippen LogP) is 3.17. The number of hydrogen-bond donors (Lipinski definition) is 2. The Morgan fingerprint density at radius 1 is 1.05 bits per heavy atom. The molecule has 0 radical (unpaired) electrons. The number of nitrogen functional groups attached to an aromatic ring is 1. The number of hydrogen-bond acceptors (Lipinski definition) is 5. The third-order valence-corrected chi connectivity index (χ3v) is 3.12. The zero-order chi connectivity index (χ0) is 14.7. The highest BCUT2D eigenvalue weighted by atomic mass is 15.0. The first-order valence-corrected chi connectivity index (χ1v) is 6.58. The SMILES string of the molecule is Cc1ccc(N)cc1Nc1cncc(-c2cccnc2)n1. The number of nitrogens with two attached hydrogens (primary N) is 1. The molecule has 2 aromatic heterocycles. The van der Waals surface area contributed by atoms with Crippen LogP contribution in [-0.2, 0) is 0 Å². The van der Waals surface area contributed by atoms with Crippen molar-refractivity contribution in [3.63, 3.8) is 0 Å². The average molecular weight is 277 g/mol. The van der Waals surface area contributed by atoms with E-state index in [1.165, 1.54) is 0 Å². The summed E-state index contributed by atoms with van der Waals surface area (Å²) >= 11 is 0. The smallest absolute Gasteiger partial charge is 0.149 e. The number of nitrogens with one attached hydrogen (secondary N) is 1. The minimum Gasteiger partial charge on any atom is -0.399 e. The first-order chi connectivity index (χ1) is 10.2. The highest BCUT2D eigenvalue weighted by Gasteiger charge is 2.04. The van der Waals surface area contributed by atoms with Crippen molar-refractivity contribution in [3.05, 3.63) is 60.7 Å². The van der Waals surface area contributed by atoms with Crippen LogP contribution in [0.4, 0.5) is 17.2 Å². The molecule has 5 nitrogen and oxygen atoms in total. The molecular formula is C16H15N5. The van der Waals surface area contributed by atoms with Crippen LogP contribution in [0.2, 0.25) is 0 Å². The maximum Gasteiger partial charge on any atom is 0.149 e. The molecule has 0 saturated heterocycles. The van der Waals surface area contributed by atoms with E-state index < -0.39 is 0 Å². The van der Waals surface area contributed by atoms with Gasteiger partial charge in [-0.1, -0.05) is 6.07 Å². The lowest BCUT2D eigenvalue weighted by molar-refractivity contribution is 1.19. The summed E-state index contributed by atoms with van der Waals surface area (Å²) in [4.78, 5) is 12.9. The summed E-state index contributed by atoms with van der Waals surface area (Å²) in [5.74, 6) is 0.671. The van der Waals surface area contributed by atoms with Crippen LogP contribution < -0.4 is 11.1 Å². The second kappa shape index (κ2) is 5.58. The minimum absolute atomic E-state index is 0.671. The summed E-state index contributed by atoms with van der Waals surface area (Å²) in [6.07, 6.45) is 6.89. The van der Waals surface area contributed by atoms with Crippen molar-refractivity contribution in [2.45, 2.75) is 6.92 Å². The Morgan fingerprint density at radius 3 is 2.76 bits per heavy atom. The Bertz CT molecular complexity index is 756. The number of aryl methyl sites for hydroxylation is 1. The summed E-state index contributed by atoms with van der Waals surface area (Å²) in [5, 5.41) is 3.25. The van der Waals surface area contributed by atoms with Gasteiger partial charge in [-0.25, -0.2) is 4.98 Å². The van der Waals surface area contributed by atoms with Gasteiger partial charge >= 0.3 is 0 Å². The Labute approximate surface area is 122 Å². The number of pyridine rings is 1. The summed E-state index contributed by atoms with van der Waals surface area (Å²) in [6, 6.07) is 9.55. The maximum absolute atomic E-state index is 5.82. The normalized spacial score (nSPS) is 10.3. The molecule has 1 aromatic carbocycles. The van der Waals surface area contributed by atoms with E-state index in [2.05, 4.69) is 20.3 Å². The quantitative estimate of drug-likeness (QED) is 0.719. The Morgan fingerprint density at radius 2 is 1.95 bits per heavy atom. The highest BCUT2D eigenvalue weighted by molar-refractivity contribution is 5.66. The maximum atomic E-state index is 5.82. The molecule has 5 heteroatoms. The van der Waals surface area contributed by atoms with Gasteiger partial charge in [-0.05, 0) is 36.8 Å². The van der Waals surface area contributed by atoms with Gasteiger partial charge in [0.05, 0.1) is 18.1 Å². The van der Waals surface area contributed by atoms with Gasteiger partial charge < -0.3 is 11.1 Å². The van der Waals surface area contributed by atoms with E-state index in [4.69, 9.17) is 5.73 Å². The van der Waals surface area contributed by atoms with Gasteiger partial charge in [0.25, 0.3) is 0 Å². The molecular weight excluding hydrogens is 262 g/mol. The van der Waals surface area contributed by atoms with E-state index in [0.717, 1.165) is 22.5 Å². The van der Waals surface area contributed by atoms with E-state index in [1.54, 1.807) is 24.8 Å². The molecule has 104 valence electrons. The third-order valence-electron chi connectivity index (χ3n) is 3.12. The van der Waals surface area contributed by atoms with Crippen molar-refractivity contribution < 1.29 is 0 Å². The van der Waals surface area contributed by atoms with Crippen molar-refractivity contribution in [2.24, 2.45) is 0 Å². The van der Waals surface area contributed by atoms with Crippen molar-refractivity contribution in [1.82, 2.24) is 15.0 Å². The summed E-state index contributed by atoms with van der Waals surface area (Å²) in [7, 11) is 0. The fourth-order valence-corrected chi connectivity index (χ4v) is 1.99. The van der Waals surface area contributed by atoms with Gasteiger partial charge in [0.1, 0.15) is 5.82 Å². The molecule has 2 heterocycles. The molecule has 0 fully saturated rings. The molecule has 3 N–H and O–H groups in total. The number of benzene rings is 1. The van der Waals surface area contributed by atoms with Crippen LogP contribution in [0.15, 0.2) is 55.1 Å². The number of rotatable bonds is 3. The Balaban J connectivity index is 1.92. The third kappa shape index (κ3) is 2.97. The molecule has 0 atom stereocenters. The van der Waals surface area contributed by atoms with Crippen LogP contribution in [-0.4, -0.2) is 15.0 Å². The van der Waals surface area contributed by atoms with E-state index in [1.807, 2.05) is 37.3 Å². The summed E-state index contributed by atoms with van der Waals surface area (Å²) in [6.45, 7) is 2.01. The van der Waals surface area contributed by atoms with Crippen LogP contribution in [0.1, 0.15) is 5.56 Å². The molecule has 0 saturated carbocycles. The molecule has 0 amide bonds. The lowest BCUT2D eigenvalue weighted by Crippen LogP contribution is -1.99. The minimum atomic E-state index is 0.671. The van der Waals surface area contributed by atoms with Crippen molar-refractivity contribution in [3.8, 4) is 11.3 Å².